The van der Waals surface area contributed by atoms with Gasteiger partial charge in [0.25, 0.3) is 0 Å². The zero-order chi connectivity index (χ0) is 70.8. The molecule has 0 saturated carbocycles. The standard InChI is InChI=1S/C84H159NO13/c1-3-5-7-9-11-13-15-17-19-21-23-25-27-28-29-30-31-32-33-34-35-36-37-38-39-40-41-42-43-44-46-48-50-52-54-56-58-60-62-64-66-68-76(89)85-72(71-95-83-81(94)79(92)82(75(70-87)97-83)98-84-80(93)78(91)77(90)74(69-86)96-84)73(88)67-65-63-61-59-57-55-53-51-49-47-45-26-24-22-20-18-16-14-12-10-8-6-4-2/h49,51,57,59,65,67,72-75,77-84,86-88,90-94H,3-48,50,52-56,58,60-64,66,68-71H2,1-2H3,(H,85,89)/b51-49+,59-57+,67-65+. The number of unbranched alkanes of at least 4 members (excludes halogenated alkanes) is 55. The fourth-order valence-corrected chi connectivity index (χ4v) is 14.2. The molecule has 0 aromatic rings. The fourth-order valence-electron chi connectivity index (χ4n) is 14.2. The van der Waals surface area contributed by atoms with Crippen molar-refractivity contribution in [2.75, 3.05) is 19.8 Å². The highest BCUT2D eigenvalue weighted by Crippen LogP contribution is 2.30. The van der Waals surface area contributed by atoms with E-state index < -0.39 is 86.8 Å². The number of aliphatic hydroxyl groups excluding tert-OH is 8. The SMILES string of the molecule is CCCCCCCCCCCCCCC/C=C/CC/C=C/CC/C=C/C(O)C(COC1OC(CO)C(OC2OC(CO)C(O)C(O)C2O)C(O)C1O)NC(=O)CCCCCCCCCCCCCCCCCCCCCCCCCCCCCCCCCCCCCCCCCCC. The van der Waals surface area contributed by atoms with Crippen molar-refractivity contribution in [2.45, 2.75) is 473 Å². The Bertz CT molecular complexity index is 1780. The second-order valence-corrected chi connectivity index (χ2v) is 30.0. The molecule has 0 radical (unpaired) electrons. The Labute approximate surface area is 601 Å². The number of allylic oxidation sites excluding steroid dienone is 5. The van der Waals surface area contributed by atoms with Crippen molar-refractivity contribution in [2.24, 2.45) is 0 Å². The van der Waals surface area contributed by atoms with Crippen LogP contribution in [-0.4, -0.2) is 140 Å². The molecular formula is C84H159NO13. The lowest BCUT2D eigenvalue weighted by atomic mass is 9.97. The van der Waals surface area contributed by atoms with Gasteiger partial charge in [-0.3, -0.25) is 4.79 Å². The van der Waals surface area contributed by atoms with Crippen LogP contribution in [0.4, 0.5) is 0 Å². The molecule has 1 amide bonds. The highest BCUT2D eigenvalue weighted by atomic mass is 16.7. The lowest BCUT2D eigenvalue weighted by Gasteiger charge is -2.46. The Balaban J connectivity index is 1.56. The van der Waals surface area contributed by atoms with Crippen LogP contribution in [0.2, 0.25) is 0 Å². The van der Waals surface area contributed by atoms with Crippen LogP contribution in [0.15, 0.2) is 36.5 Å². The van der Waals surface area contributed by atoms with E-state index in [0.29, 0.717) is 12.8 Å². The van der Waals surface area contributed by atoms with Gasteiger partial charge in [-0.1, -0.05) is 384 Å². The molecule has 578 valence electrons. The number of hydrogen-bond acceptors (Lipinski definition) is 13. The Hall–Kier alpha value is -1.79. The summed E-state index contributed by atoms with van der Waals surface area (Å²) in [7, 11) is 0. The predicted octanol–water partition coefficient (Wildman–Crippen LogP) is 19.6. The normalized spacial score (nSPS) is 22.1. The van der Waals surface area contributed by atoms with Gasteiger partial charge in [-0.05, 0) is 44.9 Å². The van der Waals surface area contributed by atoms with Crippen molar-refractivity contribution in [1.82, 2.24) is 5.32 Å². The molecule has 9 N–H and O–H groups in total. The molecule has 2 aliphatic rings. The van der Waals surface area contributed by atoms with Crippen molar-refractivity contribution in [3.63, 3.8) is 0 Å². The largest absolute Gasteiger partial charge is 0.394 e. The number of carbonyl (C=O) groups is 1. The van der Waals surface area contributed by atoms with Crippen molar-refractivity contribution in [3.05, 3.63) is 36.5 Å². The minimum atomic E-state index is -1.79. The van der Waals surface area contributed by atoms with E-state index in [1.54, 1.807) is 6.08 Å². The Morgan fingerprint density at radius 1 is 0.357 bits per heavy atom. The third kappa shape index (κ3) is 50.6. The van der Waals surface area contributed by atoms with Gasteiger partial charge in [-0.2, -0.15) is 0 Å². The molecular weight excluding hydrogens is 1230 g/mol. The zero-order valence-electron chi connectivity index (χ0n) is 63.6. The van der Waals surface area contributed by atoms with Gasteiger partial charge in [0.15, 0.2) is 12.6 Å². The summed E-state index contributed by atoms with van der Waals surface area (Å²) in [5.41, 5.74) is 0. The van der Waals surface area contributed by atoms with Gasteiger partial charge in [-0.25, -0.2) is 0 Å². The molecule has 14 nitrogen and oxygen atoms in total. The number of hydrogen-bond donors (Lipinski definition) is 9. The molecule has 0 aliphatic carbocycles. The van der Waals surface area contributed by atoms with Crippen LogP contribution in [0.25, 0.3) is 0 Å². The van der Waals surface area contributed by atoms with Gasteiger partial charge < -0.3 is 65.1 Å². The highest BCUT2D eigenvalue weighted by molar-refractivity contribution is 5.76. The minimum Gasteiger partial charge on any atom is -0.394 e. The number of nitrogens with one attached hydrogen (secondary N) is 1. The molecule has 0 aromatic heterocycles. The maximum absolute atomic E-state index is 13.4. The van der Waals surface area contributed by atoms with Crippen LogP contribution in [-0.2, 0) is 23.7 Å². The Kier molecular flexibility index (Phi) is 64.3. The van der Waals surface area contributed by atoms with E-state index in [4.69, 9.17) is 18.9 Å². The van der Waals surface area contributed by atoms with Crippen molar-refractivity contribution >= 4 is 5.91 Å². The van der Waals surface area contributed by atoms with Gasteiger partial charge in [0.2, 0.25) is 5.91 Å². The summed E-state index contributed by atoms with van der Waals surface area (Å²) in [4.78, 5) is 13.4. The van der Waals surface area contributed by atoms with Gasteiger partial charge in [0, 0.05) is 6.42 Å². The first-order valence-electron chi connectivity index (χ1n) is 42.2. The van der Waals surface area contributed by atoms with E-state index in [-0.39, 0.29) is 18.9 Å². The van der Waals surface area contributed by atoms with Crippen molar-refractivity contribution < 1.29 is 64.6 Å². The van der Waals surface area contributed by atoms with Crippen LogP contribution < -0.4 is 5.32 Å². The summed E-state index contributed by atoms with van der Waals surface area (Å²) >= 11 is 0. The first kappa shape index (κ1) is 92.3. The number of carbonyl (C=O) groups excluding carboxylic acids is 1. The summed E-state index contributed by atoms with van der Waals surface area (Å²) in [5, 5.41) is 87.6. The van der Waals surface area contributed by atoms with E-state index in [2.05, 4.69) is 43.5 Å². The van der Waals surface area contributed by atoms with Crippen molar-refractivity contribution in [3.8, 4) is 0 Å². The number of ether oxygens (including phenoxy) is 4. The van der Waals surface area contributed by atoms with Gasteiger partial charge >= 0.3 is 0 Å². The quantitative estimate of drug-likeness (QED) is 0.0204. The Morgan fingerprint density at radius 3 is 1.00 bits per heavy atom. The first-order chi connectivity index (χ1) is 48.1. The molecule has 2 aliphatic heterocycles. The maximum Gasteiger partial charge on any atom is 0.220 e. The van der Waals surface area contributed by atoms with Gasteiger partial charge in [-0.15, -0.1) is 0 Å². The van der Waals surface area contributed by atoms with Gasteiger partial charge in [0.05, 0.1) is 32.0 Å². The Morgan fingerprint density at radius 2 is 0.653 bits per heavy atom. The summed E-state index contributed by atoms with van der Waals surface area (Å²) in [5.74, 6) is -0.245. The third-order valence-corrected chi connectivity index (χ3v) is 20.8. The minimum absolute atomic E-state index is 0.245. The number of aliphatic hydroxyl groups is 8. The van der Waals surface area contributed by atoms with Crippen LogP contribution in [0.3, 0.4) is 0 Å². The number of amides is 1. The predicted molar refractivity (Wildman–Crippen MR) is 406 cm³/mol. The molecule has 2 fully saturated rings. The van der Waals surface area contributed by atoms with Crippen LogP contribution in [0.5, 0.6) is 0 Å². The van der Waals surface area contributed by atoms with Crippen LogP contribution >= 0.6 is 0 Å². The van der Waals surface area contributed by atoms with E-state index in [9.17, 15) is 45.6 Å². The summed E-state index contributed by atoms with van der Waals surface area (Å²) in [6.07, 6.45) is 74.1. The zero-order valence-corrected chi connectivity index (χ0v) is 63.6. The van der Waals surface area contributed by atoms with E-state index in [1.165, 1.54) is 321 Å². The third-order valence-electron chi connectivity index (χ3n) is 20.8. The molecule has 98 heavy (non-hydrogen) atoms. The molecule has 0 aromatic carbocycles. The maximum atomic E-state index is 13.4. The molecule has 2 rings (SSSR count). The molecule has 12 unspecified atom stereocenters. The number of rotatable bonds is 72. The summed E-state index contributed by atoms with van der Waals surface area (Å²) in [6, 6.07) is -0.938. The van der Waals surface area contributed by atoms with Gasteiger partial charge in [0.1, 0.15) is 48.8 Å². The smallest absolute Gasteiger partial charge is 0.220 e. The lowest BCUT2D eigenvalue weighted by molar-refractivity contribution is -0.359. The fraction of sp³-hybridized carbons (Fsp3) is 0.917. The summed E-state index contributed by atoms with van der Waals surface area (Å²) in [6.45, 7) is 2.84. The van der Waals surface area contributed by atoms with E-state index >= 15 is 0 Å². The van der Waals surface area contributed by atoms with E-state index in [0.717, 1.165) is 44.9 Å². The highest BCUT2D eigenvalue weighted by Gasteiger charge is 2.51. The second-order valence-electron chi connectivity index (χ2n) is 30.0. The summed E-state index contributed by atoms with van der Waals surface area (Å²) < 4.78 is 22.9. The molecule has 14 heteroatoms. The topological polar surface area (TPSA) is 228 Å². The first-order valence-corrected chi connectivity index (χ1v) is 42.2. The molecule has 2 heterocycles. The van der Waals surface area contributed by atoms with Crippen LogP contribution in [0.1, 0.15) is 399 Å². The van der Waals surface area contributed by atoms with E-state index in [1.807, 2.05) is 6.08 Å². The molecule has 2 saturated heterocycles. The average Bonchev–Trinajstić information content (AvgIpc) is 0.793. The molecule has 12 atom stereocenters. The van der Waals surface area contributed by atoms with Crippen molar-refractivity contribution in [1.29, 1.82) is 0 Å². The molecule has 0 spiro atoms. The second kappa shape index (κ2) is 68.3. The molecule has 0 bridgehead atoms. The lowest BCUT2D eigenvalue weighted by Crippen LogP contribution is -2.65. The monoisotopic (exact) mass is 1390 g/mol. The van der Waals surface area contributed by atoms with Crippen LogP contribution in [0, 0.1) is 0 Å². The average molecular weight is 1390 g/mol.